The van der Waals surface area contributed by atoms with Crippen molar-refractivity contribution in [2.45, 2.75) is 83.1 Å². The van der Waals surface area contributed by atoms with Crippen molar-refractivity contribution in [2.24, 2.45) is 0 Å². The Kier molecular flexibility index (Phi) is 12.0. The molecule has 1 aliphatic rings. The Labute approximate surface area is 151 Å². The molecule has 0 N–H and O–H groups in total. The van der Waals surface area contributed by atoms with Crippen LogP contribution in [0.15, 0.2) is 0 Å². The first-order valence-corrected chi connectivity index (χ1v) is 10.8. The topological polar surface area (TPSA) is 57.2 Å². The van der Waals surface area contributed by atoms with E-state index >= 15 is 0 Å². The van der Waals surface area contributed by atoms with Crippen molar-refractivity contribution >= 4 is 10.1 Å². The van der Waals surface area contributed by atoms with Gasteiger partial charge in [-0.15, -0.1) is 0 Å². The van der Waals surface area contributed by atoms with Gasteiger partial charge in [-0.3, -0.25) is 0 Å². The van der Waals surface area contributed by atoms with E-state index in [-0.39, 0.29) is 0 Å². The molecule has 0 radical (unpaired) electrons. The van der Waals surface area contributed by atoms with Crippen molar-refractivity contribution in [3.63, 3.8) is 0 Å². The molecule has 1 fully saturated rings. The highest BCUT2D eigenvalue weighted by molar-refractivity contribution is 7.86. The summed E-state index contributed by atoms with van der Waals surface area (Å²) < 4.78 is 60.3. The minimum absolute atomic E-state index is 1.37. The molecule has 0 atom stereocenters. The quantitative estimate of drug-likeness (QED) is 0.233. The predicted molar refractivity (Wildman–Crippen MR) is 93.0 cm³/mol. The van der Waals surface area contributed by atoms with Crippen molar-refractivity contribution in [3.05, 3.63) is 0 Å². The number of halogens is 3. The summed E-state index contributed by atoms with van der Waals surface area (Å²) in [5, 5.41) is 0. The van der Waals surface area contributed by atoms with Crippen molar-refractivity contribution in [3.8, 4) is 0 Å². The van der Waals surface area contributed by atoms with Crippen LogP contribution in [0.3, 0.4) is 0 Å². The third-order valence-corrected chi connectivity index (χ3v) is 5.30. The molecule has 0 aromatic heterocycles. The fourth-order valence-electron chi connectivity index (χ4n) is 3.13. The van der Waals surface area contributed by atoms with Gasteiger partial charge in [0.15, 0.2) is 10.1 Å². The summed E-state index contributed by atoms with van der Waals surface area (Å²) in [5.74, 6) is 0. The summed E-state index contributed by atoms with van der Waals surface area (Å²) in [4.78, 5) is 0. The largest absolute Gasteiger partial charge is 0.741 e. The van der Waals surface area contributed by atoms with Crippen LogP contribution < -0.4 is 0 Å². The van der Waals surface area contributed by atoms with E-state index in [1.54, 1.807) is 0 Å². The van der Waals surface area contributed by atoms with Crippen LogP contribution in [-0.4, -0.2) is 49.6 Å². The average Bonchev–Trinajstić information content (AvgIpc) is 2.91. The van der Waals surface area contributed by atoms with E-state index in [1.165, 1.54) is 94.7 Å². The summed E-state index contributed by atoms with van der Waals surface area (Å²) in [5.41, 5.74) is -5.65. The summed E-state index contributed by atoms with van der Waals surface area (Å²) >= 11 is 0. The van der Waals surface area contributed by atoms with Gasteiger partial charge in [0.1, 0.15) is 0 Å². The third kappa shape index (κ3) is 12.6. The molecule has 0 amide bonds. The Morgan fingerprint density at radius 3 is 1.60 bits per heavy atom. The van der Waals surface area contributed by atoms with E-state index in [0.717, 1.165) is 0 Å². The zero-order valence-electron chi connectivity index (χ0n) is 15.6. The van der Waals surface area contributed by atoms with Crippen molar-refractivity contribution in [1.29, 1.82) is 0 Å². The summed E-state index contributed by atoms with van der Waals surface area (Å²) in [6.45, 7) is 6.62. The van der Waals surface area contributed by atoms with Gasteiger partial charge in [-0.1, -0.05) is 51.9 Å². The lowest BCUT2D eigenvalue weighted by Crippen LogP contribution is -2.41. The zero-order valence-corrected chi connectivity index (χ0v) is 16.4. The lowest BCUT2D eigenvalue weighted by molar-refractivity contribution is -0.897. The molecule has 0 aliphatic carbocycles. The van der Waals surface area contributed by atoms with Crippen LogP contribution in [0, 0.1) is 0 Å². The number of alkyl halides is 3. The molecule has 4 nitrogen and oxygen atoms in total. The number of rotatable bonds is 10. The van der Waals surface area contributed by atoms with Crippen LogP contribution in [0.2, 0.25) is 0 Å². The van der Waals surface area contributed by atoms with Gasteiger partial charge in [-0.25, -0.2) is 8.42 Å². The van der Waals surface area contributed by atoms with Gasteiger partial charge >= 0.3 is 5.51 Å². The van der Waals surface area contributed by atoms with Crippen molar-refractivity contribution in [2.75, 3.05) is 26.7 Å². The summed E-state index contributed by atoms with van der Waals surface area (Å²) in [6.07, 6.45) is 16.1. The molecular formula is C17H34F3NO3S. The Hall–Kier alpha value is -0.340. The molecular weight excluding hydrogens is 355 g/mol. The first-order chi connectivity index (χ1) is 11.5. The molecule has 0 saturated carbocycles. The molecule has 8 heteroatoms. The molecule has 0 unspecified atom stereocenters. The minimum Gasteiger partial charge on any atom is -0.741 e. The standard InChI is InChI=1S/C16H34N.CHF3O3S/c1-3-4-5-6-7-8-9-10-11-14-17(2)15-12-13-16-17;2-1(3,4)8(5,6)7/h3-16H2,1-2H3;(H,5,6,7)/q+1;/p-1. The van der Waals surface area contributed by atoms with Gasteiger partial charge in [0.25, 0.3) is 0 Å². The molecule has 1 heterocycles. The number of hydrogen-bond acceptors (Lipinski definition) is 3. The lowest BCUT2D eigenvalue weighted by Gasteiger charge is -2.29. The van der Waals surface area contributed by atoms with E-state index in [2.05, 4.69) is 14.0 Å². The summed E-state index contributed by atoms with van der Waals surface area (Å²) in [7, 11) is -3.63. The van der Waals surface area contributed by atoms with Gasteiger partial charge in [0.05, 0.1) is 26.7 Å². The molecule has 1 aliphatic heterocycles. The highest BCUT2D eigenvalue weighted by Crippen LogP contribution is 2.20. The maximum atomic E-state index is 10.7. The van der Waals surface area contributed by atoms with Crippen LogP contribution in [-0.2, 0) is 10.1 Å². The maximum absolute atomic E-state index is 10.7. The number of unbranched alkanes of at least 4 members (excludes halogenated alkanes) is 8. The van der Waals surface area contributed by atoms with Crippen LogP contribution in [0.5, 0.6) is 0 Å². The Balaban J connectivity index is 0.000000609. The Morgan fingerprint density at radius 2 is 1.24 bits per heavy atom. The highest BCUT2D eigenvalue weighted by Gasteiger charge is 2.36. The van der Waals surface area contributed by atoms with Crippen LogP contribution in [0.1, 0.15) is 77.6 Å². The van der Waals surface area contributed by atoms with Gasteiger partial charge in [-0.2, -0.15) is 13.2 Å². The molecule has 25 heavy (non-hydrogen) atoms. The molecule has 152 valence electrons. The zero-order chi connectivity index (χ0) is 19.4. The van der Waals surface area contributed by atoms with Gasteiger partial charge in [-0.05, 0) is 12.8 Å². The number of quaternary nitrogens is 1. The normalized spacial score (nSPS) is 17.2. The Bertz CT molecular complexity index is 433. The molecule has 1 rings (SSSR count). The first-order valence-electron chi connectivity index (χ1n) is 9.37. The van der Waals surface area contributed by atoms with Crippen molar-refractivity contribution < 1.29 is 30.6 Å². The van der Waals surface area contributed by atoms with E-state index in [4.69, 9.17) is 13.0 Å². The van der Waals surface area contributed by atoms with E-state index in [1.807, 2.05) is 0 Å². The second-order valence-electron chi connectivity index (χ2n) is 7.23. The van der Waals surface area contributed by atoms with Gasteiger partial charge in [0, 0.05) is 12.8 Å². The highest BCUT2D eigenvalue weighted by atomic mass is 32.2. The van der Waals surface area contributed by atoms with E-state index in [9.17, 15) is 13.2 Å². The number of likely N-dealkylation sites (tertiary alicyclic amines) is 1. The van der Waals surface area contributed by atoms with Crippen LogP contribution in [0.25, 0.3) is 0 Å². The smallest absolute Gasteiger partial charge is 0.485 e. The van der Waals surface area contributed by atoms with E-state index in [0.29, 0.717) is 0 Å². The monoisotopic (exact) mass is 389 g/mol. The average molecular weight is 390 g/mol. The molecule has 0 bridgehead atoms. The van der Waals surface area contributed by atoms with E-state index < -0.39 is 15.6 Å². The maximum Gasteiger partial charge on any atom is 0.485 e. The molecule has 0 aromatic carbocycles. The number of nitrogens with zero attached hydrogens (tertiary/aromatic N) is 1. The number of hydrogen-bond donors (Lipinski definition) is 0. The Morgan fingerprint density at radius 1 is 0.880 bits per heavy atom. The fraction of sp³-hybridized carbons (Fsp3) is 1.00. The minimum atomic E-state index is -6.09. The molecule has 1 saturated heterocycles. The molecule has 0 spiro atoms. The van der Waals surface area contributed by atoms with Crippen LogP contribution in [0.4, 0.5) is 13.2 Å². The lowest BCUT2D eigenvalue weighted by atomic mass is 10.1. The molecule has 0 aromatic rings. The fourth-order valence-corrected chi connectivity index (χ4v) is 3.13. The predicted octanol–water partition coefficient (Wildman–Crippen LogP) is 4.81. The van der Waals surface area contributed by atoms with Crippen LogP contribution >= 0.6 is 0 Å². The van der Waals surface area contributed by atoms with Crippen molar-refractivity contribution in [1.82, 2.24) is 0 Å². The third-order valence-electron chi connectivity index (χ3n) is 4.73. The SMILES string of the molecule is CCCCCCCCCCC[N+]1(C)CCCC1.O=S(=O)([O-])C(F)(F)F. The van der Waals surface area contributed by atoms with Gasteiger partial charge in [0.2, 0.25) is 0 Å². The second-order valence-corrected chi connectivity index (χ2v) is 8.60. The first kappa shape index (κ1) is 24.7. The summed E-state index contributed by atoms with van der Waals surface area (Å²) in [6, 6.07) is 0. The second kappa shape index (κ2) is 12.1. The van der Waals surface area contributed by atoms with Gasteiger partial charge < -0.3 is 9.04 Å².